The second-order valence-electron chi connectivity index (χ2n) is 6.92. The molecule has 2 aliphatic rings. The Balaban J connectivity index is 1.51. The Kier molecular flexibility index (Phi) is 4.65. The molecule has 2 atom stereocenters. The van der Waals surface area contributed by atoms with Crippen molar-refractivity contribution in [3.63, 3.8) is 0 Å². The van der Waals surface area contributed by atoms with Crippen LogP contribution in [-0.4, -0.2) is 34.0 Å². The van der Waals surface area contributed by atoms with Gasteiger partial charge in [-0.05, 0) is 43.9 Å². The molecule has 1 amide bonds. The normalized spacial score (nSPS) is 19.9. The Morgan fingerprint density at radius 3 is 3.23 bits per heavy atom. The summed E-state index contributed by atoms with van der Waals surface area (Å²) in [5.41, 5.74) is 4.31. The van der Waals surface area contributed by atoms with Gasteiger partial charge >= 0.3 is 0 Å². The predicted molar refractivity (Wildman–Crippen MR) is 97.1 cm³/mol. The van der Waals surface area contributed by atoms with Gasteiger partial charge in [-0.3, -0.25) is 9.48 Å². The highest BCUT2D eigenvalue weighted by Crippen LogP contribution is 2.34. The van der Waals surface area contributed by atoms with Crippen molar-refractivity contribution in [3.8, 4) is 5.75 Å². The van der Waals surface area contributed by atoms with Crippen LogP contribution in [0.1, 0.15) is 48.7 Å². The third kappa shape index (κ3) is 3.20. The molecule has 2 heterocycles. The first-order valence-corrected chi connectivity index (χ1v) is 9.14. The van der Waals surface area contributed by atoms with E-state index in [1.165, 1.54) is 11.3 Å². The van der Waals surface area contributed by atoms with Gasteiger partial charge in [-0.2, -0.15) is 5.10 Å². The molecule has 0 saturated carbocycles. The zero-order valence-electron chi connectivity index (χ0n) is 14.9. The van der Waals surface area contributed by atoms with E-state index in [-0.39, 0.29) is 31.2 Å². The molecule has 0 saturated heterocycles. The van der Waals surface area contributed by atoms with Crippen LogP contribution in [-0.2, 0) is 17.8 Å². The minimum absolute atomic E-state index is 0.0638. The second kappa shape index (κ2) is 7.09. The molecule has 2 unspecified atom stereocenters. The molecule has 0 bridgehead atoms. The van der Waals surface area contributed by atoms with Gasteiger partial charge in [0.25, 0.3) is 5.91 Å². The Bertz CT molecular complexity index is 817. The number of aliphatic hydroxyl groups excluding tert-OH is 1. The fourth-order valence-electron chi connectivity index (χ4n) is 3.84. The van der Waals surface area contributed by atoms with Crippen molar-refractivity contribution in [2.75, 3.05) is 18.5 Å². The lowest BCUT2D eigenvalue weighted by Gasteiger charge is -2.28. The van der Waals surface area contributed by atoms with Crippen molar-refractivity contribution in [1.29, 1.82) is 0 Å². The molecule has 1 aromatic carbocycles. The van der Waals surface area contributed by atoms with Gasteiger partial charge in [-0.1, -0.05) is 6.07 Å². The van der Waals surface area contributed by atoms with Crippen LogP contribution < -0.4 is 15.4 Å². The van der Waals surface area contributed by atoms with Crippen molar-refractivity contribution >= 4 is 11.6 Å². The van der Waals surface area contributed by atoms with Gasteiger partial charge in [0, 0.05) is 23.3 Å². The number of hydrogen-bond acceptors (Lipinski definition) is 5. The third-order valence-corrected chi connectivity index (χ3v) is 5.16. The summed E-state index contributed by atoms with van der Waals surface area (Å²) in [7, 11) is 0. The number of rotatable bonds is 5. The van der Waals surface area contributed by atoms with E-state index >= 15 is 0 Å². The van der Waals surface area contributed by atoms with Crippen LogP contribution in [0.15, 0.2) is 24.4 Å². The quantitative estimate of drug-likeness (QED) is 0.762. The van der Waals surface area contributed by atoms with E-state index in [0.29, 0.717) is 6.54 Å². The highest BCUT2D eigenvalue weighted by molar-refractivity contribution is 5.95. The van der Waals surface area contributed by atoms with Gasteiger partial charge in [0.05, 0.1) is 25.0 Å². The largest absolute Gasteiger partial charge is 0.482 e. The lowest BCUT2D eigenvalue weighted by Crippen LogP contribution is -2.28. The summed E-state index contributed by atoms with van der Waals surface area (Å²) >= 11 is 0. The Labute approximate surface area is 152 Å². The number of benzene rings is 1. The van der Waals surface area contributed by atoms with E-state index in [1.54, 1.807) is 0 Å². The maximum absolute atomic E-state index is 11.4. The second-order valence-corrected chi connectivity index (χ2v) is 6.92. The fourth-order valence-corrected chi connectivity index (χ4v) is 3.84. The maximum atomic E-state index is 11.4. The molecule has 0 spiro atoms. The van der Waals surface area contributed by atoms with Crippen molar-refractivity contribution in [2.24, 2.45) is 0 Å². The van der Waals surface area contributed by atoms with Crippen molar-refractivity contribution in [3.05, 3.63) is 41.2 Å². The first-order valence-electron chi connectivity index (χ1n) is 9.14. The first-order chi connectivity index (χ1) is 12.7. The number of carbonyl (C=O) groups is 1. The number of aliphatic hydroxyl groups is 1. The molecule has 26 heavy (non-hydrogen) atoms. The van der Waals surface area contributed by atoms with Crippen LogP contribution in [0.25, 0.3) is 0 Å². The van der Waals surface area contributed by atoms with Crippen LogP contribution in [0.2, 0.25) is 0 Å². The number of hydrogen-bond donors (Lipinski definition) is 3. The number of amides is 1. The smallest absolute Gasteiger partial charge is 0.262 e. The average molecular weight is 356 g/mol. The van der Waals surface area contributed by atoms with Crippen LogP contribution in [0.5, 0.6) is 5.75 Å². The summed E-state index contributed by atoms with van der Waals surface area (Å²) in [6.07, 6.45) is 5.11. The lowest BCUT2D eigenvalue weighted by atomic mass is 9.91. The van der Waals surface area contributed by atoms with Gasteiger partial charge in [0.15, 0.2) is 6.61 Å². The van der Waals surface area contributed by atoms with E-state index < -0.39 is 0 Å². The Hall–Kier alpha value is -2.38. The molecule has 0 fully saturated rings. The minimum atomic E-state index is -0.119. The summed E-state index contributed by atoms with van der Waals surface area (Å²) in [6.45, 7) is 2.85. The molecule has 3 N–H and O–H groups in total. The first kappa shape index (κ1) is 17.1. The molecule has 4 rings (SSSR count). The summed E-state index contributed by atoms with van der Waals surface area (Å²) in [4.78, 5) is 11.4. The molecule has 0 radical (unpaired) electrons. The molecule has 138 valence electrons. The Morgan fingerprint density at radius 2 is 2.38 bits per heavy atom. The maximum Gasteiger partial charge on any atom is 0.262 e. The summed E-state index contributed by atoms with van der Waals surface area (Å²) < 4.78 is 7.45. The van der Waals surface area contributed by atoms with Gasteiger partial charge in [0.2, 0.25) is 0 Å². The summed E-state index contributed by atoms with van der Waals surface area (Å²) in [5.74, 6) is 0.599. The van der Waals surface area contributed by atoms with E-state index in [9.17, 15) is 9.90 Å². The third-order valence-electron chi connectivity index (χ3n) is 5.16. The van der Waals surface area contributed by atoms with E-state index in [4.69, 9.17) is 4.74 Å². The topological polar surface area (TPSA) is 88.4 Å². The van der Waals surface area contributed by atoms with Crippen LogP contribution in [0.4, 0.5) is 5.69 Å². The van der Waals surface area contributed by atoms with E-state index in [2.05, 4.69) is 22.7 Å². The zero-order chi connectivity index (χ0) is 18.1. The van der Waals surface area contributed by atoms with Crippen molar-refractivity contribution < 1.29 is 14.6 Å². The number of nitrogens with one attached hydrogen (secondary N) is 2. The average Bonchev–Trinajstić information content (AvgIpc) is 3.06. The molecule has 1 aliphatic heterocycles. The number of nitrogens with zero attached hydrogens (tertiary/aromatic N) is 2. The zero-order valence-corrected chi connectivity index (χ0v) is 14.9. The molecule has 7 nitrogen and oxygen atoms in total. The van der Waals surface area contributed by atoms with Crippen molar-refractivity contribution in [2.45, 2.75) is 44.8 Å². The number of ether oxygens (including phenoxy) is 1. The highest BCUT2D eigenvalue weighted by atomic mass is 16.5. The van der Waals surface area contributed by atoms with Gasteiger partial charge < -0.3 is 20.5 Å². The van der Waals surface area contributed by atoms with E-state index in [0.717, 1.165) is 36.3 Å². The number of fused-ring (bicyclic) bond motifs is 2. The van der Waals surface area contributed by atoms with Crippen molar-refractivity contribution in [1.82, 2.24) is 15.1 Å². The lowest BCUT2D eigenvalue weighted by molar-refractivity contribution is -0.118. The summed E-state index contributed by atoms with van der Waals surface area (Å²) in [5, 5.41) is 20.2. The minimum Gasteiger partial charge on any atom is -0.482 e. The SMILES string of the molecule is CC(NC1CCCc2c1cnn2CCO)c1ccc2c(c1)OCC(=O)N2. The molecule has 7 heteroatoms. The molecular weight excluding hydrogens is 332 g/mol. The van der Waals surface area contributed by atoms with Crippen LogP contribution >= 0.6 is 0 Å². The fraction of sp³-hybridized carbons (Fsp3) is 0.474. The molecular formula is C19H24N4O3. The molecule has 1 aromatic heterocycles. The number of carbonyl (C=O) groups excluding carboxylic acids is 1. The van der Waals surface area contributed by atoms with Crippen LogP contribution in [0.3, 0.4) is 0 Å². The predicted octanol–water partition coefficient (Wildman–Crippen LogP) is 1.93. The molecule has 2 aromatic rings. The monoisotopic (exact) mass is 356 g/mol. The standard InChI is InChI=1S/C19H24N4O3/c1-12(13-5-6-16-18(9-13)26-11-19(25)22-16)21-15-3-2-4-17-14(15)10-20-23(17)7-8-24/h5-6,9-10,12,15,21,24H,2-4,7-8,11H2,1H3,(H,22,25). The highest BCUT2D eigenvalue weighted by Gasteiger charge is 2.26. The number of anilines is 1. The van der Waals surface area contributed by atoms with Gasteiger partial charge in [0.1, 0.15) is 5.75 Å². The van der Waals surface area contributed by atoms with E-state index in [1.807, 2.05) is 29.1 Å². The molecule has 1 aliphatic carbocycles. The Morgan fingerprint density at radius 1 is 1.50 bits per heavy atom. The number of aromatic nitrogens is 2. The van der Waals surface area contributed by atoms with Gasteiger partial charge in [-0.25, -0.2) is 0 Å². The van der Waals surface area contributed by atoms with Gasteiger partial charge in [-0.15, -0.1) is 0 Å². The van der Waals surface area contributed by atoms with Crippen LogP contribution in [0, 0.1) is 0 Å². The summed E-state index contributed by atoms with van der Waals surface area (Å²) in [6, 6.07) is 6.29.